The van der Waals surface area contributed by atoms with E-state index in [2.05, 4.69) is 153 Å². The molecule has 0 spiro atoms. The molecule has 0 aliphatic rings. The number of hydrogen-bond donors (Lipinski definition) is 2. The average molecular weight is 989 g/mol. The Bertz CT molecular complexity index is 1640. The van der Waals surface area contributed by atoms with E-state index in [1.54, 1.807) is 6.08 Å². The van der Waals surface area contributed by atoms with Crippen molar-refractivity contribution >= 4 is 13.7 Å². The number of carbonyl (C=O) groups is 1. The zero-order valence-electron chi connectivity index (χ0n) is 44.9. The lowest BCUT2D eigenvalue weighted by atomic mass is 10.1. The molecule has 1 amide bonds. The fraction of sp³-hybridized carbons (Fsp3) is 0.590. The third-order valence-corrected chi connectivity index (χ3v) is 12.0. The summed E-state index contributed by atoms with van der Waals surface area (Å²) in [4.78, 5) is 25.4. The molecule has 9 heteroatoms. The van der Waals surface area contributed by atoms with Gasteiger partial charge in [-0.15, -0.1) is 0 Å². The molecule has 0 aromatic rings. The second-order valence-corrected chi connectivity index (χ2v) is 20.2. The van der Waals surface area contributed by atoms with E-state index in [0.717, 1.165) is 122 Å². The van der Waals surface area contributed by atoms with E-state index >= 15 is 0 Å². The normalized spacial score (nSPS) is 15.1. The van der Waals surface area contributed by atoms with E-state index < -0.39 is 26.6 Å². The Hall–Kier alpha value is -3.62. The number of carbonyl (C=O) groups excluding carboxylic acids is 1. The van der Waals surface area contributed by atoms with Crippen LogP contribution in [0.5, 0.6) is 0 Å². The molecule has 0 aliphatic heterocycles. The van der Waals surface area contributed by atoms with Gasteiger partial charge in [0.15, 0.2) is 0 Å². The first-order chi connectivity index (χ1) is 34.0. The van der Waals surface area contributed by atoms with Crippen LogP contribution in [0.15, 0.2) is 146 Å². The molecule has 0 rings (SSSR count). The summed E-state index contributed by atoms with van der Waals surface area (Å²) in [7, 11) is 1.20. The van der Waals surface area contributed by atoms with Crippen LogP contribution in [-0.4, -0.2) is 68.5 Å². The molecule has 0 aliphatic carbocycles. The molecule has 0 radical (unpaired) electrons. The minimum atomic E-state index is -4.62. The lowest BCUT2D eigenvalue weighted by Gasteiger charge is -2.29. The highest BCUT2D eigenvalue weighted by molar-refractivity contribution is 7.45. The van der Waals surface area contributed by atoms with Crippen molar-refractivity contribution in [1.29, 1.82) is 0 Å². The maximum atomic E-state index is 12.9. The molecule has 3 atom stereocenters. The molecule has 2 N–H and O–H groups in total. The van der Waals surface area contributed by atoms with Gasteiger partial charge in [-0.1, -0.05) is 205 Å². The number of hydrogen-bond acceptors (Lipinski definition) is 6. The number of allylic oxidation sites excluding steroid dienone is 23. The molecule has 0 saturated heterocycles. The standard InChI is InChI=1S/C61H101N2O6P/c1-6-8-10-12-14-16-18-20-21-22-23-24-25-26-27-28-29-30-31-32-33-34-35-36-37-38-39-40-41-43-45-47-49-51-53-55-61(65)62-59(58-69-70(66,67)68-57-56-63(3,4)5)60(64)54-52-50-48-46-44-42-19-17-15-13-11-9-7-2/h8,10,14-17,20-21,23-24,26-27,29-30,32-33,35-36,38-39,44,46,52,54,59-60,64H,6-7,9,11-13,18-19,22,25,28,31,34,37,40-43,45,47-51,53,55-58H2,1-5H3,(H-,62,65,66,67)/b10-8-,16-14-,17-15+,21-20-,24-23-,27-26-,30-29-,33-32-,36-35-,39-38-,46-44+,54-52+. The van der Waals surface area contributed by atoms with Crippen molar-refractivity contribution < 1.29 is 32.9 Å². The van der Waals surface area contributed by atoms with Gasteiger partial charge in [-0.3, -0.25) is 9.36 Å². The maximum absolute atomic E-state index is 12.9. The van der Waals surface area contributed by atoms with Gasteiger partial charge in [0.05, 0.1) is 39.9 Å². The Morgan fingerprint density at radius 2 is 0.886 bits per heavy atom. The predicted molar refractivity (Wildman–Crippen MR) is 301 cm³/mol. The van der Waals surface area contributed by atoms with E-state index in [0.29, 0.717) is 17.4 Å². The Morgan fingerprint density at radius 1 is 0.514 bits per heavy atom. The molecule has 8 nitrogen and oxygen atoms in total. The molecule has 70 heavy (non-hydrogen) atoms. The van der Waals surface area contributed by atoms with Crippen molar-refractivity contribution in [1.82, 2.24) is 5.32 Å². The molecule has 396 valence electrons. The average Bonchev–Trinajstić information content (AvgIpc) is 3.32. The third-order valence-electron chi connectivity index (χ3n) is 11.0. The zero-order valence-corrected chi connectivity index (χ0v) is 45.8. The molecule has 0 fully saturated rings. The van der Waals surface area contributed by atoms with Crippen molar-refractivity contribution in [3.05, 3.63) is 146 Å². The smallest absolute Gasteiger partial charge is 0.268 e. The van der Waals surface area contributed by atoms with Gasteiger partial charge in [0, 0.05) is 6.42 Å². The fourth-order valence-corrected chi connectivity index (χ4v) is 7.49. The highest BCUT2D eigenvalue weighted by Crippen LogP contribution is 2.38. The minimum absolute atomic E-state index is 0.0197. The number of nitrogens with zero attached hydrogens (tertiary/aromatic N) is 1. The monoisotopic (exact) mass is 989 g/mol. The number of phosphoric acid groups is 1. The number of aliphatic hydroxyl groups excluding tert-OH is 1. The Kier molecular flexibility index (Phi) is 47.7. The van der Waals surface area contributed by atoms with Crippen LogP contribution in [0.25, 0.3) is 0 Å². The number of nitrogens with one attached hydrogen (secondary N) is 1. The zero-order chi connectivity index (χ0) is 51.3. The van der Waals surface area contributed by atoms with Crippen LogP contribution in [-0.2, 0) is 18.4 Å². The van der Waals surface area contributed by atoms with Crippen molar-refractivity contribution in [2.45, 2.75) is 193 Å². The lowest BCUT2D eigenvalue weighted by Crippen LogP contribution is -2.45. The summed E-state index contributed by atoms with van der Waals surface area (Å²) in [5, 5.41) is 13.8. The maximum Gasteiger partial charge on any atom is 0.268 e. The summed E-state index contributed by atoms with van der Waals surface area (Å²) in [5.41, 5.74) is 0. The third kappa shape index (κ3) is 52.2. The van der Waals surface area contributed by atoms with Crippen LogP contribution in [0.3, 0.4) is 0 Å². The van der Waals surface area contributed by atoms with Crippen LogP contribution in [0, 0.1) is 0 Å². The van der Waals surface area contributed by atoms with Crippen molar-refractivity contribution in [2.75, 3.05) is 40.9 Å². The van der Waals surface area contributed by atoms with E-state index in [1.165, 1.54) is 38.5 Å². The van der Waals surface area contributed by atoms with Crippen molar-refractivity contribution in [2.24, 2.45) is 0 Å². The van der Waals surface area contributed by atoms with Gasteiger partial charge in [-0.25, -0.2) is 0 Å². The van der Waals surface area contributed by atoms with E-state index in [9.17, 15) is 19.4 Å². The first-order valence-electron chi connectivity index (χ1n) is 27.2. The summed E-state index contributed by atoms with van der Waals surface area (Å²) < 4.78 is 23.2. The molecular weight excluding hydrogens is 888 g/mol. The number of amides is 1. The van der Waals surface area contributed by atoms with Crippen LogP contribution < -0.4 is 10.2 Å². The molecule has 3 unspecified atom stereocenters. The van der Waals surface area contributed by atoms with Crippen LogP contribution in [0.4, 0.5) is 0 Å². The second-order valence-electron chi connectivity index (χ2n) is 18.8. The Balaban J connectivity index is 4.24. The highest BCUT2D eigenvalue weighted by Gasteiger charge is 2.23. The first-order valence-corrected chi connectivity index (χ1v) is 28.7. The largest absolute Gasteiger partial charge is 0.756 e. The topological polar surface area (TPSA) is 108 Å². The highest BCUT2D eigenvalue weighted by atomic mass is 31.2. The van der Waals surface area contributed by atoms with Gasteiger partial charge in [-0.05, 0) is 116 Å². The summed E-state index contributed by atoms with van der Waals surface area (Å²) in [5.74, 6) is -0.231. The number of unbranched alkanes of at least 4 members (excludes halogenated alkanes) is 12. The summed E-state index contributed by atoms with van der Waals surface area (Å²) in [6, 6.07) is -0.926. The van der Waals surface area contributed by atoms with Gasteiger partial charge in [0.1, 0.15) is 13.2 Å². The fourth-order valence-electron chi connectivity index (χ4n) is 6.76. The number of phosphoric ester groups is 1. The molecular formula is C61H101N2O6P. The lowest BCUT2D eigenvalue weighted by molar-refractivity contribution is -0.870. The Morgan fingerprint density at radius 3 is 1.33 bits per heavy atom. The molecule has 0 aromatic heterocycles. The van der Waals surface area contributed by atoms with Gasteiger partial charge in [0.25, 0.3) is 7.82 Å². The van der Waals surface area contributed by atoms with E-state index in [1.807, 2.05) is 27.2 Å². The summed E-state index contributed by atoms with van der Waals surface area (Å²) >= 11 is 0. The SMILES string of the molecule is CC/C=C\C/C=C\C/C=C\C/C=C\C/C=C\C/C=C\C/C=C\C/C=C\C/C=C\CCCCCCCCCC(=O)NC(COP(=O)([O-])OCC[N+](C)(C)C)C(O)/C=C/CC/C=C/CC/C=C/CCCCC. The van der Waals surface area contributed by atoms with Gasteiger partial charge in [0.2, 0.25) is 5.91 Å². The number of quaternary nitrogens is 1. The van der Waals surface area contributed by atoms with Gasteiger partial charge in [-0.2, -0.15) is 0 Å². The molecule has 0 heterocycles. The molecule has 0 aromatic carbocycles. The number of rotatable bonds is 47. The second kappa shape index (κ2) is 50.3. The number of aliphatic hydroxyl groups is 1. The first kappa shape index (κ1) is 66.4. The van der Waals surface area contributed by atoms with Crippen LogP contribution in [0.1, 0.15) is 181 Å². The van der Waals surface area contributed by atoms with Crippen LogP contribution >= 0.6 is 7.82 Å². The van der Waals surface area contributed by atoms with E-state index in [4.69, 9.17) is 9.05 Å². The van der Waals surface area contributed by atoms with E-state index in [-0.39, 0.29) is 12.5 Å². The molecule has 0 saturated carbocycles. The van der Waals surface area contributed by atoms with Gasteiger partial charge >= 0.3 is 0 Å². The molecule has 0 bridgehead atoms. The van der Waals surface area contributed by atoms with Crippen LogP contribution in [0.2, 0.25) is 0 Å². The summed E-state index contributed by atoms with van der Waals surface area (Å²) in [6.45, 7) is 4.43. The number of likely N-dealkylation sites (N-methyl/N-ethyl adjacent to an activating group) is 1. The predicted octanol–water partition coefficient (Wildman–Crippen LogP) is 15.9. The van der Waals surface area contributed by atoms with Crippen molar-refractivity contribution in [3.8, 4) is 0 Å². The summed E-state index contributed by atoms with van der Waals surface area (Å²) in [6.07, 6.45) is 77.8. The minimum Gasteiger partial charge on any atom is -0.756 e. The quantitative estimate of drug-likeness (QED) is 0.0272. The van der Waals surface area contributed by atoms with Gasteiger partial charge < -0.3 is 28.8 Å². The van der Waals surface area contributed by atoms with Crippen molar-refractivity contribution in [3.63, 3.8) is 0 Å². The Labute approximate surface area is 429 Å².